The molecule has 1 rings (SSSR count). The smallest absolute Gasteiger partial charge is 0.232 e. The third kappa shape index (κ3) is 5.00. The van der Waals surface area contributed by atoms with E-state index >= 15 is 0 Å². The van der Waals surface area contributed by atoms with E-state index < -0.39 is 0 Å². The number of nitrogens with one attached hydrogen (secondary N) is 1. The highest BCUT2D eigenvalue weighted by molar-refractivity contribution is 5.45. The largest absolute Gasteiger partial charge is 0.383 e. The summed E-state index contributed by atoms with van der Waals surface area (Å²) in [6.07, 6.45) is 1.02. The molecule has 1 aromatic heterocycles. The molecule has 1 heterocycles. The van der Waals surface area contributed by atoms with Crippen molar-refractivity contribution in [3.8, 4) is 0 Å². The van der Waals surface area contributed by atoms with Crippen LogP contribution in [0.5, 0.6) is 0 Å². The molecular formula is C14H28N6O. The summed E-state index contributed by atoms with van der Waals surface area (Å²) in [6, 6.07) is 0.205. The van der Waals surface area contributed by atoms with Crippen LogP contribution in [0.1, 0.15) is 27.2 Å². The molecule has 0 amide bonds. The van der Waals surface area contributed by atoms with Crippen LogP contribution in [0.4, 0.5) is 17.8 Å². The fraction of sp³-hybridized carbons (Fsp3) is 0.786. The van der Waals surface area contributed by atoms with Crippen molar-refractivity contribution in [1.82, 2.24) is 15.0 Å². The van der Waals surface area contributed by atoms with Crippen LogP contribution in [0.25, 0.3) is 0 Å². The molecule has 0 aromatic carbocycles. The number of ether oxygens (including phenoxy) is 1. The lowest BCUT2D eigenvalue weighted by Crippen LogP contribution is -2.38. The molecule has 0 saturated carbocycles. The highest BCUT2D eigenvalue weighted by Crippen LogP contribution is 2.17. The van der Waals surface area contributed by atoms with Gasteiger partial charge >= 0.3 is 0 Å². The van der Waals surface area contributed by atoms with E-state index in [9.17, 15) is 0 Å². The van der Waals surface area contributed by atoms with Crippen molar-refractivity contribution >= 4 is 17.8 Å². The average molecular weight is 296 g/mol. The van der Waals surface area contributed by atoms with E-state index in [4.69, 9.17) is 4.74 Å². The van der Waals surface area contributed by atoms with Gasteiger partial charge in [-0.1, -0.05) is 6.92 Å². The molecule has 0 fully saturated rings. The standard InChI is InChI=1S/C14H28N6O/c1-7-9-15-12-16-13(19(4)5)18-14(17-12)20(8-2)11(3)10-21-6/h11H,7-10H2,1-6H3,(H,15,16,17,18). The summed E-state index contributed by atoms with van der Waals surface area (Å²) in [5, 5.41) is 3.23. The van der Waals surface area contributed by atoms with Gasteiger partial charge in [-0.25, -0.2) is 0 Å². The van der Waals surface area contributed by atoms with Crippen LogP contribution in [0.15, 0.2) is 0 Å². The maximum atomic E-state index is 5.24. The van der Waals surface area contributed by atoms with Gasteiger partial charge < -0.3 is 19.9 Å². The minimum atomic E-state index is 0.205. The van der Waals surface area contributed by atoms with Crippen LogP contribution in [-0.4, -0.2) is 61.9 Å². The molecule has 0 aliphatic carbocycles. The summed E-state index contributed by atoms with van der Waals surface area (Å²) in [4.78, 5) is 17.5. The van der Waals surface area contributed by atoms with E-state index in [0.29, 0.717) is 24.5 Å². The quantitative estimate of drug-likeness (QED) is 0.742. The van der Waals surface area contributed by atoms with Gasteiger partial charge in [0.2, 0.25) is 17.8 Å². The molecular weight excluding hydrogens is 268 g/mol. The molecule has 7 nitrogen and oxygen atoms in total. The van der Waals surface area contributed by atoms with Crippen LogP contribution >= 0.6 is 0 Å². The zero-order valence-electron chi connectivity index (χ0n) is 14.1. The molecule has 120 valence electrons. The van der Waals surface area contributed by atoms with Crippen molar-refractivity contribution in [3.05, 3.63) is 0 Å². The second-order valence-electron chi connectivity index (χ2n) is 5.17. The van der Waals surface area contributed by atoms with Gasteiger partial charge in [-0.05, 0) is 20.3 Å². The van der Waals surface area contributed by atoms with Gasteiger partial charge in [0.15, 0.2) is 0 Å². The van der Waals surface area contributed by atoms with Crippen LogP contribution in [-0.2, 0) is 4.74 Å². The first-order chi connectivity index (χ1) is 10.0. The number of aromatic nitrogens is 3. The van der Waals surface area contributed by atoms with Gasteiger partial charge in [-0.2, -0.15) is 15.0 Å². The molecule has 0 bridgehead atoms. The number of likely N-dealkylation sites (N-methyl/N-ethyl adjacent to an activating group) is 1. The van der Waals surface area contributed by atoms with Crippen molar-refractivity contribution in [2.45, 2.75) is 33.2 Å². The summed E-state index contributed by atoms with van der Waals surface area (Å²) in [5.41, 5.74) is 0. The second kappa shape index (κ2) is 8.61. The van der Waals surface area contributed by atoms with Gasteiger partial charge in [-0.15, -0.1) is 0 Å². The Morgan fingerprint density at radius 3 is 2.33 bits per heavy atom. The van der Waals surface area contributed by atoms with Crippen LogP contribution < -0.4 is 15.1 Å². The normalized spacial score (nSPS) is 12.1. The summed E-state index contributed by atoms with van der Waals surface area (Å²) in [5.74, 6) is 1.95. The summed E-state index contributed by atoms with van der Waals surface area (Å²) >= 11 is 0. The van der Waals surface area contributed by atoms with Crippen molar-refractivity contribution in [1.29, 1.82) is 0 Å². The average Bonchev–Trinajstić information content (AvgIpc) is 2.46. The Balaban J connectivity index is 3.09. The number of hydrogen-bond donors (Lipinski definition) is 1. The molecule has 21 heavy (non-hydrogen) atoms. The molecule has 1 unspecified atom stereocenters. The minimum absolute atomic E-state index is 0.205. The predicted octanol–water partition coefficient (Wildman–Crippen LogP) is 1.62. The third-order valence-electron chi connectivity index (χ3n) is 3.08. The molecule has 1 N–H and O–H groups in total. The fourth-order valence-corrected chi connectivity index (χ4v) is 1.98. The van der Waals surface area contributed by atoms with E-state index in [2.05, 4.69) is 45.9 Å². The zero-order valence-corrected chi connectivity index (χ0v) is 14.1. The molecule has 0 saturated heterocycles. The third-order valence-corrected chi connectivity index (χ3v) is 3.08. The molecule has 0 radical (unpaired) electrons. The van der Waals surface area contributed by atoms with Gasteiger partial charge in [-0.3, -0.25) is 0 Å². The van der Waals surface area contributed by atoms with Crippen LogP contribution in [0.3, 0.4) is 0 Å². The monoisotopic (exact) mass is 296 g/mol. The van der Waals surface area contributed by atoms with Crippen LogP contribution in [0.2, 0.25) is 0 Å². The first-order valence-corrected chi connectivity index (χ1v) is 7.46. The Morgan fingerprint density at radius 1 is 1.14 bits per heavy atom. The van der Waals surface area contributed by atoms with E-state index in [1.807, 2.05) is 19.0 Å². The first kappa shape index (κ1) is 17.4. The van der Waals surface area contributed by atoms with Crippen molar-refractivity contribution in [2.75, 3.05) is 56.0 Å². The molecule has 0 aliphatic rings. The Labute approximate surface area is 127 Å². The summed E-state index contributed by atoms with van der Waals surface area (Å²) in [6.45, 7) is 8.59. The lowest BCUT2D eigenvalue weighted by atomic mass is 10.3. The number of methoxy groups -OCH3 is 1. The van der Waals surface area contributed by atoms with Gasteiger partial charge in [0.05, 0.1) is 12.6 Å². The summed E-state index contributed by atoms with van der Waals surface area (Å²) < 4.78 is 5.24. The number of nitrogens with zero attached hydrogens (tertiary/aromatic N) is 5. The molecule has 0 spiro atoms. The maximum Gasteiger partial charge on any atom is 0.232 e. The molecule has 1 aromatic rings. The Kier molecular flexibility index (Phi) is 7.14. The van der Waals surface area contributed by atoms with Crippen LogP contribution in [0, 0.1) is 0 Å². The van der Waals surface area contributed by atoms with Crippen molar-refractivity contribution in [3.63, 3.8) is 0 Å². The predicted molar refractivity (Wildman–Crippen MR) is 87.3 cm³/mol. The number of hydrogen-bond acceptors (Lipinski definition) is 7. The Hall–Kier alpha value is -1.63. The van der Waals surface area contributed by atoms with E-state index in [1.165, 1.54) is 0 Å². The van der Waals surface area contributed by atoms with Gasteiger partial charge in [0.1, 0.15) is 0 Å². The zero-order chi connectivity index (χ0) is 15.8. The maximum absolute atomic E-state index is 5.24. The molecule has 1 atom stereocenters. The summed E-state index contributed by atoms with van der Waals surface area (Å²) in [7, 11) is 5.56. The molecule has 0 aliphatic heterocycles. The minimum Gasteiger partial charge on any atom is -0.383 e. The fourth-order valence-electron chi connectivity index (χ4n) is 1.98. The molecule has 7 heteroatoms. The lowest BCUT2D eigenvalue weighted by molar-refractivity contribution is 0.181. The van der Waals surface area contributed by atoms with Gasteiger partial charge in [0.25, 0.3) is 0 Å². The van der Waals surface area contributed by atoms with E-state index in [1.54, 1.807) is 7.11 Å². The van der Waals surface area contributed by atoms with E-state index in [0.717, 1.165) is 19.5 Å². The van der Waals surface area contributed by atoms with E-state index in [-0.39, 0.29) is 6.04 Å². The Bertz CT molecular complexity index is 426. The highest BCUT2D eigenvalue weighted by Gasteiger charge is 2.18. The van der Waals surface area contributed by atoms with Crippen molar-refractivity contribution in [2.24, 2.45) is 0 Å². The number of anilines is 3. The topological polar surface area (TPSA) is 66.4 Å². The highest BCUT2D eigenvalue weighted by atomic mass is 16.5. The SMILES string of the molecule is CCCNc1nc(N(C)C)nc(N(CC)C(C)COC)n1. The first-order valence-electron chi connectivity index (χ1n) is 7.46. The lowest BCUT2D eigenvalue weighted by Gasteiger charge is -2.28. The Morgan fingerprint density at radius 2 is 1.81 bits per heavy atom. The van der Waals surface area contributed by atoms with Gasteiger partial charge in [0, 0.05) is 34.3 Å². The second-order valence-corrected chi connectivity index (χ2v) is 5.17. The van der Waals surface area contributed by atoms with Crippen molar-refractivity contribution < 1.29 is 4.74 Å². The number of rotatable bonds is 9.